The Kier molecular flexibility index (Phi) is 5.89. The van der Waals surface area contributed by atoms with Gasteiger partial charge in [0.2, 0.25) is 0 Å². The smallest absolute Gasteiger partial charge is 0.129 e. The topological polar surface area (TPSA) is 21.3 Å². The summed E-state index contributed by atoms with van der Waals surface area (Å²) >= 11 is 12.1. The van der Waals surface area contributed by atoms with E-state index in [1.54, 1.807) is 30.3 Å². The largest absolute Gasteiger partial charge is 0.488 e. The van der Waals surface area contributed by atoms with E-state index in [4.69, 9.17) is 27.9 Å². The van der Waals surface area contributed by atoms with E-state index in [1.807, 2.05) is 30.3 Å². The molecule has 4 rings (SSSR count). The molecule has 5 heteroatoms. The van der Waals surface area contributed by atoms with Crippen molar-refractivity contribution in [3.63, 3.8) is 0 Å². The lowest BCUT2D eigenvalue weighted by Gasteiger charge is -2.16. The van der Waals surface area contributed by atoms with Crippen LogP contribution in [0.3, 0.4) is 0 Å². The van der Waals surface area contributed by atoms with Crippen LogP contribution in [0, 0.1) is 5.82 Å². The monoisotopic (exact) mass is 425 g/mol. The van der Waals surface area contributed by atoms with Gasteiger partial charge < -0.3 is 10.1 Å². The van der Waals surface area contributed by atoms with Crippen LogP contribution in [0.1, 0.15) is 11.1 Å². The second-order valence-corrected chi connectivity index (χ2v) is 7.44. The van der Waals surface area contributed by atoms with Gasteiger partial charge in [-0.25, -0.2) is 4.39 Å². The lowest BCUT2D eigenvalue weighted by Crippen LogP contribution is -2.05. The molecule has 2 nitrogen and oxygen atoms in total. The van der Waals surface area contributed by atoms with Gasteiger partial charge in [-0.2, -0.15) is 0 Å². The minimum atomic E-state index is -0.274. The Labute approximate surface area is 178 Å². The van der Waals surface area contributed by atoms with Crippen molar-refractivity contribution in [2.45, 2.75) is 13.2 Å². The number of rotatable bonds is 6. The van der Waals surface area contributed by atoms with E-state index in [0.717, 1.165) is 22.0 Å². The molecule has 29 heavy (non-hydrogen) atoms. The van der Waals surface area contributed by atoms with Gasteiger partial charge in [0.05, 0.1) is 10.0 Å². The van der Waals surface area contributed by atoms with Crippen LogP contribution in [-0.4, -0.2) is 0 Å². The molecule has 0 aliphatic heterocycles. The molecule has 0 atom stereocenters. The van der Waals surface area contributed by atoms with E-state index in [-0.39, 0.29) is 12.4 Å². The molecule has 0 aliphatic rings. The van der Waals surface area contributed by atoms with E-state index in [2.05, 4.69) is 17.4 Å². The predicted molar refractivity (Wildman–Crippen MR) is 118 cm³/mol. The number of anilines is 1. The highest BCUT2D eigenvalue weighted by molar-refractivity contribution is 6.42. The molecule has 0 spiro atoms. The zero-order chi connectivity index (χ0) is 20.2. The van der Waals surface area contributed by atoms with Gasteiger partial charge in [0.25, 0.3) is 0 Å². The van der Waals surface area contributed by atoms with E-state index in [1.165, 1.54) is 6.07 Å². The first-order chi connectivity index (χ1) is 14.1. The van der Waals surface area contributed by atoms with Crippen molar-refractivity contribution in [3.05, 3.63) is 106 Å². The van der Waals surface area contributed by atoms with E-state index in [9.17, 15) is 4.39 Å². The first kappa shape index (κ1) is 19.6. The second-order valence-electron chi connectivity index (χ2n) is 6.63. The van der Waals surface area contributed by atoms with Gasteiger partial charge in [0.1, 0.15) is 18.2 Å². The van der Waals surface area contributed by atoms with Gasteiger partial charge in [-0.05, 0) is 41.1 Å². The van der Waals surface area contributed by atoms with Crippen LogP contribution in [0.4, 0.5) is 10.1 Å². The number of benzene rings is 4. The summed E-state index contributed by atoms with van der Waals surface area (Å²) in [4.78, 5) is 0. The van der Waals surface area contributed by atoms with Gasteiger partial charge in [0.15, 0.2) is 0 Å². The minimum Gasteiger partial charge on any atom is -0.488 e. The molecule has 0 bridgehead atoms. The van der Waals surface area contributed by atoms with Gasteiger partial charge in [-0.15, -0.1) is 0 Å². The zero-order valence-electron chi connectivity index (χ0n) is 15.5. The van der Waals surface area contributed by atoms with Crippen LogP contribution >= 0.6 is 23.2 Å². The highest BCUT2D eigenvalue weighted by atomic mass is 35.5. The van der Waals surface area contributed by atoms with Crippen LogP contribution in [0.5, 0.6) is 5.75 Å². The Balaban J connectivity index is 1.63. The van der Waals surface area contributed by atoms with E-state index >= 15 is 0 Å². The van der Waals surface area contributed by atoms with Crippen molar-refractivity contribution >= 4 is 39.7 Å². The van der Waals surface area contributed by atoms with Crippen LogP contribution < -0.4 is 10.1 Å². The third-order valence-electron chi connectivity index (χ3n) is 4.73. The maximum Gasteiger partial charge on any atom is 0.129 e. The summed E-state index contributed by atoms with van der Waals surface area (Å²) in [6, 6.07) is 24.1. The SMILES string of the molecule is Fc1ccccc1COc1ccc2ccccc2c1CNc1ccc(Cl)c(Cl)c1. The molecule has 0 saturated carbocycles. The van der Waals surface area contributed by atoms with Crippen LogP contribution in [0.25, 0.3) is 10.8 Å². The minimum absolute atomic E-state index is 0.158. The van der Waals surface area contributed by atoms with E-state index < -0.39 is 0 Å². The summed E-state index contributed by atoms with van der Waals surface area (Å²) in [6.45, 7) is 0.677. The van der Waals surface area contributed by atoms with Crippen molar-refractivity contribution in [2.24, 2.45) is 0 Å². The Morgan fingerprint density at radius 3 is 2.45 bits per heavy atom. The molecule has 0 heterocycles. The zero-order valence-corrected chi connectivity index (χ0v) is 17.0. The summed E-state index contributed by atoms with van der Waals surface area (Å²) in [5.74, 6) is 0.434. The fourth-order valence-corrected chi connectivity index (χ4v) is 3.50. The average Bonchev–Trinajstić information content (AvgIpc) is 2.74. The van der Waals surface area contributed by atoms with Crippen molar-refractivity contribution in [2.75, 3.05) is 5.32 Å². The summed E-state index contributed by atoms with van der Waals surface area (Å²) in [5.41, 5.74) is 2.36. The maximum absolute atomic E-state index is 14.0. The highest BCUT2D eigenvalue weighted by Gasteiger charge is 2.11. The average molecular weight is 426 g/mol. The fourth-order valence-electron chi connectivity index (χ4n) is 3.20. The van der Waals surface area contributed by atoms with Gasteiger partial charge in [-0.3, -0.25) is 0 Å². The maximum atomic E-state index is 14.0. The van der Waals surface area contributed by atoms with Crippen molar-refractivity contribution in [3.8, 4) is 5.75 Å². The Morgan fingerprint density at radius 1 is 0.828 bits per heavy atom. The molecule has 0 fully saturated rings. The molecule has 0 saturated heterocycles. The summed E-state index contributed by atoms with van der Waals surface area (Å²) < 4.78 is 20.0. The molecule has 0 radical (unpaired) electrons. The molecule has 0 amide bonds. The van der Waals surface area contributed by atoms with Crippen LogP contribution in [-0.2, 0) is 13.2 Å². The number of halogens is 3. The van der Waals surface area contributed by atoms with Gasteiger partial charge in [-0.1, -0.05) is 71.7 Å². The van der Waals surface area contributed by atoms with E-state index in [0.29, 0.717) is 27.9 Å². The van der Waals surface area contributed by atoms with Crippen LogP contribution in [0.2, 0.25) is 10.0 Å². The third kappa shape index (κ3) is 4.47. The number of nitrogens with one attached hydrogen (secondary N) is 1. The van der Waals surface area contributed by atoms with Crippen molar-refractivity contribution in [1.82, 2.24) is 0 Å². The first-order valence-electron chi connectivity index (χ1n) is 9.17. The second kappa shape index (κ2) is 8.73. The number of fused-ring (bicyclic) bond motifs is 1. The molecule has 146 valence electrons. The van der Waals surface area contributed by atoms with Gasteiger partial charge in [0, 0.05) is 23.4 Å². The first-order valence-corrected chi connectivity index (χ1v) is 9.93. The molecule has 0 aromatic heterocycles. The molecular formula is C24H18Cl2FNO. The normalized spacial score (nSPS) is 10.9. The molecular weight excluding hydrogens is 408 g/mol. The number of ether oxygens (including phenoxy) is 1. The Bertz CT molecular complexity index is 1160. The number of hydrogen-bond acceptors (Lipinski definition) is 2. The number of hydrogen-bond donors (Lipinski definition) is 1. The summed E-state index contributed by atoms with van der Waals surface area (Å²) in [6.07, 6.45) is 0. The molecule has 0 unspecified atom stereocenters. The third-order valence-corrected chi connectivity index (χ3v) is 5.47. The molecule has 1 N–H and O–H groups in total. The summed E-state index contributed by atoms with van der Waals surface area (Å²) in [7, 11) is 0. The van der Waals surface area contributed by atoms with Crippen molar-refractivity contribution < 1.29 is 9.13 Å². The highest BCUT2D eigenvalue weighted by Crippen LogP contribution is 2.31. The van der Waals surface area contributed by atoms with Gasteiger partial charge >= 0.3 is 0 Å². The fraction of sp³-hybridized carbons (Fsp3) is 0.0833. The Morgan fingerprint density at radius 2 is 1.62 bits per heavy atom. The molecule has 4 aromatic rings. The Hall–Kier alpha value is -2.75. The quantitative estimate of drug-likeness (QED) is 0.345. The van der Waals surface area contributed by atoms with Crippen molar-refractivity contribution in [1.29, 1.82) is 0 Å². The molecule has 0 aliphatic carbocycles. The summed E-state index contributed by atoms with van der Waals surface area (Å²) in [5, 5.41) is 6.56. The molecule has 4 aromatic carbocycles. The predicted octanol–water partition coefficient (Wildman–Crippen LogP) is 7.48. The lowest BCUT2D eigenvalue weighted by molar-refractivity contribution is 0.297. The van der Waals surface area contributed by atoms with Crippen LogP contribution in [0.15, 0.2) is 78.9 Å². The standard InChI is InChI=1S/C24H18Cl2FNO/c25-21-11-10-18(13-22(21)26)28-14-20-19-7-3-1-5-16(19)9-12-24(20)29-15-17-6-2-4-8-23(17)27/h1-13,28H,14-15H2. The lowest BCUT2D eigenvalue weighted by atomic mass is 10.0.